The molecule has 0 fully saturated rings. The predicted molar refractivity (Wildman–Crippen MR) is 80.1 cm³/mol. The predicted octanol–water partition coefficient (Wildman–Crippen LogP) is 3.57. The van der Waals surface area contributed by atoms with Crippen LogP contribution in [0.3, 0.4) is 0 Å². The Morgan fingerprint density at radius 1 is 1.40 bits per heavy atom. The maximum absolute atomic E-state index is 12.2. The highest BCUT2D eigenvalue weighted by atomic mass is 32.1. The Morgan fingerprint density at radius 3 is 2.95 bits per heavy atom. The lowest BCUT2D eigenvalue weighted by atomic mass is 9.78. The van der Waals surface area contributed by atoms with Gasteiger partial charge in [0.2, 0.25) is 0 Å². The molecular weight excluding hydrogens is 270 g/mol. The van der Waals surface area contributed by atoms with Gasteiger partial charge in [0.1, 0.15) is 5.01 Å². The van der Waals surface area contributed by atoms with Gasteiger partial charge >= 0.3 is 0 Å². The molecule has 0 aromatic carbocycles. The summed E-state index contributed by atoms with van der Waals surface area (Å²) in [5.41, 5.74) is 2.02. The van der Waals surface area contributed by atoms with Gasteiger partial charge in [-0.15, -0.1) is 11.3 Å². The Balaban J connectivity index is 2.02. The molecule has 0 bridgehead atoms. The molecule has 2 heterocycles. The fourth-order valence-electron chi connectivity index (χ4n) is 2.73. The summed E-state index contributed by atoms with van der Waals surface area (Å²) in [6, 6.07) is 1.98. The quantitative estimate of drug-likeness (QED) is 0.868. The molecule has 5 heteroatoms. The third kappa shape index (κ3) is 2.30. The topological polar surface area (TPSA) is 47.8 Å². The highest BCUT2D eigenvalue weighted by Gasteiger charge is 2.34. The van der Waals surface area contributed by atoms with Gasteiger partial charge in [0.15, 0.2) is 5.78 Å². The minimum atomic E-state index is 0.0269. The van der Waals surface area contributed by atoms with Gasteiger partial charge in [-0.3, -0.25) is 9.48 Å². The van der Waals surface area contributed by atoms with Crippen molar-refractivity contribution in [3.8, 4) is 10.7 Å². The molecule has 3 rings (SSSR count). The van der Waals surface area contributed by atoms with Crippen molar-refractivity contribution in [1.82, 2.24) is 14.8 Å². The molecule has 2 aromatic heterocycles. The van der Waals surface area contributed by atoms with E-state index in [1.807, 2.05) is 10.7 Å². The van der Waals surface area contributed by atoms with Crippen LogP contribution in [0.1, 0.15) is 49.0 Å². The fraction of sp³-hybridized carbons (Fsp3) is 0.533. The second kappa shape index (κ2) is 4.81. The lowest BCUT2D eigenvalue weighted by Gasteiger charge is -2.26. The van der Waals surface area contributed by atoms with Crippen LogP contribution in [-0.2, 0) is 13.0 Å². The van der Waals surface area contributed by atoms with E-state index in [0.717, 1.165) is 40.7 Å². The first-order valence-electron chi connectivity index (χ1n) is 7.05. The fourth-order valence-corrected chi connectivity index (χ4v) is 3.78. The molecule has 0 amide bonds. The van der Waals surface area contributed by atoms with Crippen LogP contribution in [0.4, 0.5) is 0 Å². The molecule has 0 saturated heterocycles. The van der Waals surface area contributed by atoms with Gasteiger partial charge in [0.05, 0.1) is 16.3 Å². The molecular formula is C15H19N3OS. The van der Waals surface area contributed by atoms with Crippen molar-refractivity contribution in [2.24, 2.45) is 5.41 Å². The lowest BCUT2D eigenvalue weighted by molar-refractivity contribution is 0.0916. The van der Waals surface area contributed by atoms with Crippen molar-refractivity contribution >= 4 is 17.1 Å². The van der Waals surface area contributed by atoms with E-state index >= 15 is 0 Å². The van der Waals surface area contributed by atoms with Crippen LogP contribution in [0.15, 0.2) is 12.3 Å². The number of hydrogen-bond acceptors (Lipinski definition) is 4. The highest BCUT2D eigenvalue weighted by Crippen LogP contribution is 2.39. The van der Waals surface area contributed by atoms with Gasteiger partial charge in [-0.05, 0) is 24.3 Å². The maximum atomic E-state index is 12.2. The third-order valence-corrected chi connectivity index (χ3v) is 4.77. The summed E-state index contributed by atoms with van der Waals surface area (Å²) < 4.78 is 1.97. The molecule has 0 aliphatic heterocycles. The van der Waals surface area contributed by atoms with E-state index in [0.29, 0.717) is 6.42 Å². The minimum absolute atomic E-state index is 0.0269. The first kappa shape index (κ1) is 13.5. The Labute approximate surface area is 122 Å². The normalized spacial score (nSPS) is 17.2. The van der Waals surface area contributed by atoms with Gasteiger partial charge in [0.25, 0.3) is 0 Å². The largest absolute Gasteiger partial charge is 0.293 e. The molecule has 0 saturated carbocycles. The Hall–Kier alpha value is -1.49. The first-order valence-corrected chi connectivity index (χ1v) is 7.87. The summed E-state index contributed by atoms with van der Waals surface area (Å²) in [6.45, 7) is 7.28. The summed E-state index contributed by atoms with van der Waals surface area (Å²) in [5.74, 6) is 0.238. The number of ketones is 1. The zero-order valence-electron chi connectivity index (χ0n) is 12.1. The number of rotatable bonds is 3. The van der Waals surface area contributed by atoms with Crippen molar-refractivity contribution in [1.29, 1.82) is 0 Å². The van der Waals surface area contributed by atoms with E-state index in [-0.39, 0.29) is 11.2 Å². The number of carbonyl (C=O) groups is 1. The Kier molecular flexibility index (Phi) is 3.24. The van der Waals surface area contributed by atoms with Crippen molar-refractivity contribution in [2.45, 2.75) is 46.6 Å². The van der Waals surface area contributed by atoms with Gasteiger partial charge < -0.3 is 0 Å². The van der Waals surface area contributed by atoms with Crippen LogP contribution in [0.5, 0.6) is 0 Å². The Bertz CT molecular complexity index is 654. The van der Waals surface area contributed by atoms with Crippen LogP contribution in [0, 0.1) is 5.41 Å². The minimum Gasteiger partial charge on any atom is -0.293 e. The summed E-state index contributed by atoms with van der Waals surface area (Å²) >= 11 is 1.52. The van der Waals surface area contributed by atoms with Crippen LogP contribution in [0.25, 0.3) is 10.7 Å². The van der Waals surface area contributed by atoms with E-state index in [2.05, 4.69) is 25.9 Å². The van der Waals surface area contributed by atoms with E-state index in [1.54, 1.807) is 6.20 Å². The smallest absolute Gasteiger partial charge is 0.175 e. The van der Waals surface area contributed by atoms with Gasteiger partial charge in [0, 0.05) is 19.2 Å². The van der Waals surface area contributed by atoms with Crippen LogP contribution < -0.4 is 0 Å². The molecule has 0 N–H and O–H groups in total. The van der Waals surface area contributed by atoms with Crippen LogP contribution in [-0.4, -0.2) is 20.5 Å². The number of thiazole rings is 1. The summed E-state index contributed by atoms with van der Waals surface area (Å²) in [7, 11) is 0. The number of aromatic nitrogens is 3. The number of Topliss-reactive ketones (excluding diaryl/α,β-unsaturated/α-hetero) is 1. The average Bonchev–Trinajstić information content (AvgIpc) is 2.94. The number of nitrogens with zero attached hydrogens (tertiary/aromatic N) is 3. The SMILES string of the molecule is CCCn1nccc1-c1nc2c(s1)C(=O)CC(C)(C)C2. The second-order valence-corrected chi connectivity index (χ2v) is 7.17. The van der Waals surface area contributed by atoms with Gasteiger partial charge in [-0.1, -0.05) is 20.8 Å². The van der Waals surface area contributed by atoms with E-state index in [9.17, 15) is 4.79 Å². The average molecular weight is 289 g/mol. The molecule has 1 aliphatic carbocycles. The molecule has 0 atom stereocenters. The van der Waals surface area contributed by atoms with Crippen molar-refractivity contribution in [3.05, 3.63) is 22.8 Å². The number of carbonyl (C=O) groups excluding carboxylic acids is 1. The zero-order valence-corrected chi connectivity index (χ0v) is 13.0. The number of fused-ring (bicyclic) bond motifs is 1. The number of hydrogen-bond donors (Lipinski definition) is 0. The summed E-state index contributed by atoms with van der Waals surface area (Å²) in [4.78, 5) is 17.8. The van der Waals surface area contributed by atoms with Crippen LogP contribution in [0.2, 0.25) is 0 Å². The molecule has 20 heavy (non-hydrogen) atoms. The van der Waals surface area contributed by atoms with Crippen molar-refractivity contribution in [3.63, 3.8) is 0 Å². The second-order valence-electron chi connectivity index (χ2n) is 6.18. The summed E-state index contributed by atoms with van der Waals surface area (Å²) in [6.07, 6.45) is 4.34. The van der Waals surface area contributed by atoms with Crippen LogP contribution >= 0.6 is 11.3 Å². The van der Waals surface area contributed by atoms with Gasteiger partial charge in [-0.25, -0.2) is 4.98 Å². The standard InChI is InChI=1S/C15H19N3OS/c1-4-7-18-11(5-6-16-18)14-17-10-8-15(2,3)9-12(19)13(10)20-14/h5-6H,4,7-9H2,1-3H3. The van der Waals surface area contributed by atoms with E-state index < -0.39 is 0 Å². The summed E-state index contributed by atoms with van der Waals surface area (Å²) in [5, 5.41) is 5.26. The molecule has 2 aromatic rings. The molecule has 4 nitrogen and oxygen atoms in total. The number of aryl methyl sites for hydroxylation is 1. The Morgan fingerprint density at radius 2 is 2.20 bits per heavy atom. The lowest BCUT2D eigenvalue weighted by Crippen LogP contribution is -2.25. The molecule has 106 valence electrons. The molecule has 0 radical (unpaired) electrons. The first-order chi connectivity index (χ1) is 9.50. The monoisotopic (exact) mass is 289 g/mol. The van der Waals surface area contributed by atoms with Crippen molar-refractivity contribution < 1.29 is 4.79 Å². The van der Waals surface area contributed by atoms with E-state index in [1.165, 1.54) is 11.3 Å². The highest BCUT2D eigenvalue weighted by molar-refractivity contribution is 7.17. The molecule has 0 spiro atoms. The third-order valence-electron chi connectivity index (χ3n) is 3.61. The van der Waals surface area contributed by atoms with Gasteiger partial charge in [-0.2, -0.15) is 5.10 Å². The van der Waals surface area contributed by atoms with E-state index in [4.69, 9.17) is 4.98 Å². The molecule has 1 aliphatic rings. The molecule has 0 unspecified atom stereocenters. The van der Waals surface area contributed by atoms with Crippen molar-refractivity contribution in [2.75, 3.05) is 0 Å². The zero-order chi connectivity index (χ0) is 14.3. The maximum Gasteiger partial charge on any atom is 0.175 e.